The van der Waals surface area contributed by atoms with E-state index in [9.17, 15) is 4.79 Å². The van der Waals surface area contributed by atoms with Crippen molar-refractivity contribution in [3.63, 3.8) is 0 Å². The second-order valence-corrected chi connectivity index (χ2v) is 6.11. The third-order valence-electron chi connectivity index (χ3n) is 3.84. The molecule has 0 atom stereocenters. The van der Waals surface area contributed by atoms with Crippen molar-refractivity contribution in [2.45, 2.75) is 6.54 Å². The highest BCUT2D eigenvalue weighted by Gasteiger charge is 2.12. The number of nitrogens with zero attached hydrogens (tertiary/aromatic N) is 4. The molecule has 0 aliphatic heterocycles. The first-order valence-electron chi connectivity index (χ1n) is 7.88. The molecular formula is C19H13ClN4O2. The molecule has 0 fully saturated rings. The van der Waals surface area contributed by atoms with Crippen molar-refractivity contribution in [1.82, 2.24) is 19.7 Å². The lowest BCUT2D eigenvalue weighted by atomic mass is 10.2. The monoisotopic (exact) mass is 364 g/mol. The quantitative estimate of drug-likeness (QED) is 0.552. The number of hydrogen-bond acceptors (Lipinski definition) is 5. The third kappa shape index (κ3) is 3.41. The summed E-state index contributed by atoms with van der Waals surface area (Å²) in [5.41, 5.74) is 2.29. The van der Waals surface area contributed by atoms with Crippen LogP contribution in [-0.4, -0.2) is 19.7 Å². The molecule has 3 heterocycles. The van der Waals surface area contributed by atoms with E-state index in [4.69, 9.17) is 16.1 Å². The lowest BCUT2D eigenvalue weighted by molar-refractivity contribution is 0.432. The number of rotatable bonds is 4. The first kappa shape index (κ1) is 16.2. The van der Waals surface area contributed by atoms with E-state index in [1.807, 2.05) is 24.3 Å². The van der Waals surface area contributed by atoms with Gasteiger partial charge in [-0.2, -0.15) is 4.98 Å². The SMILES string of the molecule is O=c1ccc(-c2nc(-c3cccc(Cl)c3)no2)cn1Cc1ccncc1. The largest absolute Gasteiger partial charge is 0.334 e. The summed E-state index contributed by atoms with van der Waals surface area (Å²) in [4.78, 5) is 20.5. The molecule has 4 rings (SSSR count). The maximum atomic E-state index is 12.1. The van der Waals surface area contributed by atoms with Crippen molar-refractivity contribution < 1.29 is 4.52 Å². The minimum Gasteiger partial charge on any atom is -0.334 e. The van der Waals surface area contributed by atoms with E-state index in [2.05, 4.69) is 15.1 Å². The molecule has 0 spiro atoms. The van der Waals surface area contributed by atoms with Crippen molar-refractivity contribution in [3.05, 3.63) is 88.1 Å². The van der Waals surface area contributed by atoms with Crippen LogP contribution in [0.25, 0.3) is 22.8 Å². The molecule has 6 nitrogen and oxygen atoms in total. The van der Waals surface area contributed by atoms with Gasteiger partial charge in [0.25, 0.3) is 11.4 Å². The van der Waals surface area contributed by atoms with E-state index >= 15 is 0 Å². The van der Waals surface area contributed by atoms with Crippen LogP contribution < -0.4 is 5.56 Å². The summed E-state index contributed by atoms with van der Waals surface area (Å²) in [6.07, 6.45) is 5.09. The highest BCUT2D eigenvalue weighted by Crippen LogP contribution is 2.23. The third-order valence-corrected chi connectivity index (χ3v) is 4.08. The lowest BCUT2D eigenvalue weighted by Gasteiger charge is -2.06. The lowest BCUT2D eigenvalue weighted by Crippen LogP contribution is -2.19. The Bertz CT molecular complexity index is 1110. The summed E-state index contributed by atoms with van der Waals surface area (Å²) in [5.74, 6) is 0.776. The summed E-state index contributed by atoms with van der Waals surface area (Å²) in [5, 5.41) is 4.60. The second-order valence-electron chi connectivity index (χ2n) is 5.67. The molecule has 0 bridgehead atoms. The van der Waals surface area contributed by atoms with E-state index in [0.29, 0.717) is 28.8 Å². The van der Waals surface area contributed by atoms with E-state index in [0.717, 1.165) is 11.1 Å². The Kier molecular flexibility index (Phi) is 4.33. The first-order valence-corrected chi connectivity index (χ1v) is 8.26. The Labute approximate surface area is 153 Å². The van der Waals surface area contributed by atoms with Crippen molar-refractivity contribution in [3.8, 4) is 22.8 Å². The topological polar surface area (TPSA) is 73.8 Å². The Morgan fingerprint density at radius 2 is 1.88 bits per heavy atom. The minimum absolute atomic E-state index is 0.111. The van der Waals surface area contributed by atoms with Crippen LogP contribution >= 0.6 is 11.6 Å². The highest BCUT2D eigenvalue weighted by molar-refractivity contribution is 6.30. The van der Waals surface area contributed by atoms with Crippen LogP contribution in [0, 0.1) is 0 Å². The van der Waals surface area contributed by atoms with Gasteiger partial charge in [-0.05, 0) is 35.9 Å². The molecule has 0 amide bonds. The molecule has 128 valence electrons. The van der Waals surface area contributed by atoms with Gasteiger partial charge in [0.1, 0.15) is 0 Å². The first-order chi connectivity index (χ1) is 12.7. The molecule has 0 saturated carbocycles. The van der Waals surface area contributed by atoms with Gasteiger partial charge in [-0.15, -0.1) is 0 Å². The summed E-state index contributed by atoms with van der Waals surface area (Å²) < 4.78 is 6.95. The normalized spacial score (nSPS) is 10.8. The highest BCUT2D eigenvalue weighted by atomic mass is 35.5. The molecule has 0 aliphatic rings. The molecule has 3 aromatic heterocycles. The van der Waals surface area contributed by atoms with Crippen molar-refractivity contribution in [2.75, 3.05) is 0 Å². The maximum absolute atomic E-state index is 12.1. The zero-order valence-electron chi connectivity index (χ0n) is 13.5. The van der Waals surface area contributed by atoms with Gasteiger partial charge in [0.05, 0.1) is 12.1 Å². The molecule has 0 unspecified atom stereocenters. The van der Waals surface area contributed by atoms with E-state index < -0.39 is 0 Å². The van der Waals surface area contributed by atoms with Crippen LogP contribution in [0.2, 0.25) is 5.02 Å². The van der Waals surface area contributed by atoms with Gasteiger partial charge in [-0.3, -0.25) is 9.78 Å². The number of halogens is 1. The average Bonchev–Trinajstić information content (AvgIpc) is 3.15. The van der Waals surface area contributed by atoms with E-state index in [1.165, 1.54) is 6.07 Å². The minimum atomic E-state index is -0.111. The average molecular weight is 365 g/mol. The molecule has 1 aromatic carbocycles. The van der Waals surface area contributed by atoms with Crippen LogP contribution in [0.4, 0.5) is 0 Å². The van der Waals surface area contributed by atoms with Crippen LogP contribution in [0.1, 0.15) is 5.56 Å². The van der Waals surface area contributed by atoms with E-state index in [1.54, 1.807) is 41.4 Å². The molecule has 0 saturated heterocycles. The Balaban J connectivity index is 1.66. The van der Waals surface area contributed by atoms with Gasteiger partial charge >= 0.3 is 0 Å². The molecule has 4 aromatic rings. The summed E-state index contributed by atoms with van der Waals surface area (Å²) in [7, 11) is 0. The summed E-state index contributed by atoms with van der Waals surface area (Å²) in [6, 6.07) is 14.1. The van der Waals surface area contributed by atoms with Crippen LogP contribution in [0.15, 0.2) is 76.4 Å². The second kappa shape index (κ2) is 6.93. The van der Waals surface area contributed by atoms with Gasteiger partial charge in [0.2, 0.25) is 5.82 Å². The van der Waals surface area contributed by atoms with Gasteiger partial charge < -0.3 is 9.09 Å². The summed E-state index contributed by atoms with van der Waals surface area (Å²) >= 11 is 6.01. The zero-order chi connectivity index (χ0) is 17.9. The van der Waals surface area contributed by atoms with Crippen LogP contribution in [0.5, 0.6) is 0 Å². The Morgan fingerprint density at radius 3 is 2.69 bits per heavy atom. The van der Waals surface area contributed by atoms with Crippen LogP contribution in [0.3, 0.4) is 0 Å². The summed E-state index contributed by atoms with van der Waals surface area (Å²) in [6.45, 7) is 0.435. The molecule has 0 N–H and O–H groups in total. The number of aromatic nitrogens is 4. The van der Waals surface area contributed by atoms with Crippen molar-refractivity contribution >= 4 is 11.6 Å². The van der Waals surface area contributed by atoms with E-state index in [-0.39, 0.29) is 5.56 Å². The van der Waals surface area contributed by atoms with Crippen molar-refractivity contribution in [2.24, 2.45) is 0 Å². The van der Waals surface area contributed by atoms with Gasteiger partial charge in [0, 0.05) is 35.2 Å². The standard InChI is InChI=1S/C19H13ClN4O2/c20-16-3-1-2-14(10-16)18-22-19(26-23-18)15-4-5-17(25)24(12-15)11-13-6-8-21-9-7-13/h1-10,12H,11H2. The smallest absolute Gasteiger partial charge is 0.259 e. The molecule has 7 heteroatoms. The Hall–Kier alpha value is -3.25. The predicted octanol–water partition coefficient (Wildman–Crippen LogP) is 3.66. The van der Waals surface area contributed by atoms with Crippen molar-refractivity contribution in [1.29, 1.82) is 0 Å². The van der Waals surface area contributed by atoms with Gasteiger partial charge in [0.15, 0.2) is 0 Å². The van der Waals surface area contributed by atoms with Gasteiger partial charge in [-0.25, -0.2) is 0 Å². The maximum Gasteiger partial charge on any atom is 0.259 e. The number of benzene rings is 1. The Morgan fingerprint density at radius 1 is 1.04 bits per heavy atom. The fraction of sp³-hybridized carbons (Fsp3) is 0.0526. The fourth-order valence-electron chi connectivity index (χ4n) is 2.55. The fourth-order valence-corrected chi connectivity index (χ4v) is 2.74. The molecule has 0 radical (unpaired) electrons. The van der Waals surface area contributed by atoms with Crippen LogP contribution in [-0.2, 0) is 6.54 Å². The molecular weight excluding hydrogens is 352 g/mol. The van der Waals surface area contributed by atoms with Gasteiger partial charge in [-0.1, -0.05) is 28.9 Å². The number of pyridine rings is 2. The predicted molar refractivity (Wildman–Crippen MR) is 97.8 cm³/mol. The zero-order valence-corrected chi connectivity index (χ0v) is 14.3. The number of hydrogen-bond donors (Lipinski definition) is 0. The molecule has 26 heavy (non-hydrogen) atoms. The molecule has 0 aliphatic carbocycles.